The van der Waals surface area contributed by atoms with Crippen LogP contribution in [0.5, 0.6) is 0 Å². The summed E-state index contributed by atoms with van der Waals surface area (Å²) in [5, 5.41) is 16.0. The monoisotopic (exact) mass is 362 g/mol. The fraction of sp³-hybridized carbons (Fsp3) is 0.150. The van der Waals surface area contributed by atoms with Gasteiger partial charge in [-0.15, -0.1) is 15.3 Å². The average Bonchev–Trinajstić information content (AvgIpc) is 3.10. The minimum Gasteiger partial charge on any atom is -0.367 e. The van der Waals surface area contributed by atoms with Crippen molar-refractivity contribution in [3.63, 3.8) is 0 Å². The Balaban J connectivity index is 1.56. The molecule has 6 nitrogen and oxygen atoms in total. The van der Waals surface area contributed by atoms with E-state index in [1.54, 1.807) is 16.6 Å². The van der Waals surface area contributed by atoms with Crippen molar-refractivity contribution in [2.75, 3.05) is 11.9 Å². The molecule has 27 heavy (non-hydrogen) atoms. The van der Waals surface area contributed by atoms with Crippen molar-refractivity contribution in [3.05, 3.63) is 77.6 Å². The van der Waals surface area contributed by atoms with Crippen molar-refractivity contribution in [3.8, 4) is 11.4 Å². The molecule has 136 valence electrons. The molecule has 4 aromatic rings. The maximum atomic E-state index is 13.5. The van der Waals surface area contributed by atoms with Gasteiger partial charge in [0.1, 0.15) is 11.6 Å². The van der Waals surface area contributed by atoms with E-state index in [1.807, 2.05) is 43.3 Å². The number of aryl methyl sites for hydroxylation is 1. The highest BCUT2D eigenvalue weighted by atomic mass is 19.1. The Kier molecular flexibility index (Phi) is 4.52. The first kappa shape index (κ1) is 17.1. The van der Waals surface area contributed by atoms with Crippen molar-refractivity contribution in [1.29, 1.82) is 0 Å². The van der Waals surface area contributed by atoms with Crippen LogP contribution >= 0.6 is 0 Å². The summed E-state index contributed by atoms with van der Waals surface area (Å²) >= 11 is 0. The van der Waals surface area contributed by atoms with E-state index < -0.39 is 0 Å². The molecule has 0 spiro atoms. The first-order valence-electron chi connectivity index (χ1n) is 8.64. The van der Waals surface area contributed by atoms with Gasteiger partial charge < -0.3 is 11.1 Å². The molecule has 1 unspecified atom stereocenters. The van der Waals surface area contributed by atoms with Crippen LogP contribution < -0.4 is 11.1 Å². The van der Waals surface area contributed by atoms with Gasteiger partial charge in [0.05, 0.1) is 0 Å². The van der Waals surface area contributed by atoms with Gasteiger partial charge in [0, 0.05) is 18.2 Å². The van der Waals surface area contributed by atoms with Crippen LogP contribution in [0.3, 0.4) is 0 Å². The molecule has 0 aliphatic carbocycles. The molecule has 7 heteroatoms. The average molecular weight is 362 g/mol. The summed E-state index contributed by atoms with van der Waals surface area (Å²) in [6.45, 7) is 2.57. The summed E-state index contributed by atoms with van der Waals surface area (Å²) in [6, 6.07) is 17.8. The molecule has 4 rings (SSSR count). The number of fused-ring (bicyclic) bond motifs is 1. The number of hydrogen-bond acceptors (Lipinski definition) is 5. The Morgan fingerprint density at radius 2 is 1.89 bits per heavy atom. The highest BCUT2D eigenvalue weighted by Gasteiger charge is 2.11. The lowest BCUT2D eigenvalue weighted by Gasteiger charge is -2.14. The fourth-order valence-corrected chi connectivity index (χ4v) is 2.84. The quantitative estimate of drug-likeness (QED) is 0.569. The van der Waals surface area contributed by atoms with E-state index in [0.29, 0.717) is 29.4 Å². The Hall–Kier alpha value is -3.32. The number of nitrogens with two attached hydrogens (primary N) is 1. The standard InChI is InChI=1S/C20H19FN6/c1-13-5-7-14(8-6-13)17(22)12-23-18-9-10-19-24-25-20(27(19)26-18)15-3-2-4-16(21)11-15/h2-11,17H,12,22H2,1H3,(H,23,26). The third-order valence-electron chi connectivity index (χ3n) is 4.35. The number of nitrogens with one attached hydrogen (secondary N) is 1. The first-order chi connectivity index (χ1) is 13.1. The van der Waals surface area contributed by atoms with Gasteiger partial charge in [-0.3, -0.25) is 0 Å². The van der Waals surface area contributed by atoms with Crippen LogP contribution in [0.15, 0.2) is 60.7 Å². The smallest absolute Gasteiger partial charge is 0.185 e. The van der Waals surface area contributed by atoms with E-state index in [2.05, 4.69) is 20.6 Å². The number of aromatic nitrogens is 4. The van der Waals surface area contributed by atoms with E-state index >= 15 is 0 Å². The van der Waals surface area contributed by atoms with E-state index in [9.17, 15) is 4.39 Å². The Bertz CT molecular complexity index is 1070. The minimum absolute atomic E-state index is 0.160. The predicted molar refractivity (Wildman–Crippen MR) is 103 cm³/mol. The second-order valence-electron chi connectivity index (χ2n) is 6.42. The van der Waals surface area contributed by atoms with Gasteiger partial charge in [-0.05, 0) is 36.8 Å². The summed E-state index contributed by atoms with van der Waals surface area (Å²) in [5.41, 5.74) is 9.71. The van der Waals surface area contributed by atoms with Crippen LogP contribution in [0.25, 0.3) is 17.0 Å². The first-order valence-corrected chi connectivity index (χ1v) is 8.64. The highest BCUT2D eigenvalue weighted by Crippen LogP contribution is 2.19. The lowest BCUT2D eigenvalue weighted by atomic mass is 10.1. The van der Waals surface area contributed by atoms with Gasteiger partial charge in [0.25, 0.3) is 0 Å². The predicted octanol–water partition coefficient (Wildman–Crippen LogP) is 3.35. The van der Waals surface area contributed by atoms with Crippen LogP contribution in [0.2, 0.25) is 0 Å². The van der Waals surface area contributed by atoms with Crippen LogP contribution in [0.4, 0.5) is 10.2 Å². The van der Waals surface area contributed by atoms with Gasteiger partial charge >= 0.3 is 0 Å². The SMILES string of the molecule is Cc1ccc(C(N)CNc2ccc3nnc(-c4cccc(F)c4)n3n2)cc1. The summed E-state index contributed by atoms with van der Waals surface area (Å²) in [7, 11) is 0. The van der Waals surface area contributed by atoms with E-state index in [0.717, 1.165) is 5.56 Å². The van der Waals surface area contributed by atoms with Gasteiger partial charge in [-0.2, -0.15) is 4.52 Å². The van der Waals surface area contributed by atoms with Crippen molar-refractivity contribution in [1.82, 2.24) is 19.8 Å². The highest BCUT2D eigenvalue weighted by molar-refractivity contribution is 5.59. The Labute approximate surface area is 155 Å². The van der Waals surface area contributed by atoms with Crippen molar-refractivity contribution < 1.29 is 4.39 Å². The summed E-state index contributed by atoms with van der Waals surface area (Å²) in [5.74, 6) is 0.793. The van der Waals surface area contributed by atoms with Gasteiger partial charge in [-0.25, -0.2) is 4.39 Å². The van der Waals surface area contributed by atoms with Gasteiger partial charge in [-0.1, -0.05) is 42.0 Å². The van der Waals surface area contributed by atoms with Crippen molar-refractivity contribution >= 4 is 11.5 Å². The normalized spacial score (nSPS) is 12.3. The number of rotatable bonds is 5. The molecule has 0 fully saturated rings. The number of anilines is 1. The second kappa shape index (κ2) is 7.13. The molecule has 0 saturated heterocycles. The van der Waals surface area contributed by atoms with Crippen LogP contribution in [0.1, 0.15) is 17.2 Å². The third-order valence-corrected chi connectivity index (χ3v) is 4.35. The molecule has 2 aromatic carbocycles. The van der Waals surface area contributed by atoms with E-state index in [1.165, 1.54) is 17.7 Å². The molecule has 0 aliphatic rings. The Morgan fingerprint density at radius 1 is 1.07 bits per heavy atom. The van der Waals surface area contributed by atoms with Gasteiger partial charge in [0.15, 0.2) is 11.5 Å². The summed E-state index contributed by atoms with van der Waals surface area (Å²) in [4.78, 5) is 0. The molecular weight excluding hydrogens is 343 g/mol. The zero-order valence-electron chi connectivity index (χ0n) is 14.8. The zero-order valence-corrected chi connectivity index (χ0v) is 14.8. The molecule has 2 heterocycles. The molecular formula is C20H19FN6. The molecule has 0 amide bonds. The van der Waals surface area contributed by atoms with Crippen LogP contribution in [-0.2, 0) is 0 Å². The number of nitrogens with zero attached hydrogens (tertiary/aromatic N) is 4. The molecule has 0 bridgehead atoms. The summed E-state index contributed by atoms with van der Waals surface area (Å²) in [6.07, 6.45) is 0. The maximum Gasteiger partial charge on any atom is 0.185 e. The number of hydrogen-bond donors (Lipinski definition) is 2. The lowest BCUT2D eigenvalue weighted by molar-refractivity contribution is 0.628. The van der Waals surface area contributed by atoms with Crippen molar-refractivity contribution in [2.24, 2.45) is 5.73 Å². The van der Waals surface area contributed by atoms with Crippen LogP contribution in [-0.4, -0.2) is 26.4 Å². The second-order valence-corrected chi connectivity index (χ2v) is 6.42. The van der Waals surface area contributed by atoms with E-state index in [-0.39, 0.29) is 11.9 Å². The topological polar surface area (TPSA) is 81.1 Å². The molecule has 2 aromatic heterocycles. The molecule has 0 radical (unpaired) electrons. The zero-order chi connectivity index (χ0) is 18.8. The fourth-order valence-electron chi connectivity index (χ4n) is 2.84. The maximum absolute atomic E-state index is 13.5. The molecule has 1 atom stereocenters. The van der Waals surface area contributed by atoms with Crippen molar-refractivity contribution in [2.45, 2.75) is 13.0 Å². The van der Waals surface area contributed by atoms with E-state index in [4.69, 9.17) is 5.73 Å². The third kappa shape index (κ3) is 3.63. The number of halogens is 1. The molecule has 3 N–H and O–H groups in total. The Morgan fingerprint density at radius 3 is 2.67 bits per heavy atom. The number of benzene rings is 2. The molecule has 0 aliphatic heterocycles. The van der Waals surface area contributed by atoms with Crippen LogP contribution in [0, 0.1) is 12.7 Å². The largest absolute Gasteiger partial charge is 0.367 e. The van der Waals surface area contributed by atoms with Gasteiger partial charge in [0.2, 0.25) is 0 Å². The summed E-state index contributed by atoms with van der Waals surface area (Å²) < 4.78 is 15.1. The lowest BCUT2D eigenvalue weighted by Crippen LogP contribution is -2.21. The molecule has 0 saturated carbocycles. The minimum atomic E-state index is -0.331.